The van der Waals surface area contributed by atoms with E-state index < -0.39 is 6.10 Å². The maximum absolute atomic E-state index is 12.7. The van der Waals surface area contributed by atoms with E-state index in [9.17, 15) is 14.4 Å². The number of esters is 3. The van der Waals surface area contributed by atoms with Crippen LogP contribution in [0.15, 0.2) is 122 Å². The molecule has 0 N–H and O–H groups in total. The molecular weight excluding hydrogens is 721 g/mol. The topological polar surface area (TPSA) is 78.9 Å². The molecule has 0 heterocycles. The highest BCUT2D eigenvalue weighted by atomic mass is 16.6. The van der Waals surface area contributed by atoms with Crippen LogP contribution in [0.5, 0.6) is 0 Å². The fraction of sp³-hybridized carbons (Fsp3) is 0.558. The monoisotopic (exact) mass is 801 g/mol. The fourth-order valence-electron chi connectivity index (χ4n) is 5.51. The third-order valence-corrected chi connectivity index (χ3v) is 8.90. The van der Waals surface area contributed by atoms with Gasteiger partial charge in [0.05, 0.1) is 0 Å². The number of hydrogen-bond donors (Lipinski definition) is 0. The largest absolute Gasteiger partial charge is 0.462 e. The summed E-state index contributed by atoms with van der Waals surface area (Å²) in [6.45, 7) is 6.21. The van der Waals surface area contributed by atoms with Crippen LogP contribution in [0.3, 0.4) is 0 Å². The van der Waals surface area contributed by atoms with Crippen molar-refractivity contribution in [2.45, 2.75) is 175 Å². The van der Waals surface area contributed by atoms with Crippen LogP contribution in [-0.2, 0) is 28.6 Å². The fourth-order valence-corrected chi connectivity index (χ4v) is 5.51. The number of rotatable bonds is 38. The minimum absolute atomic E-state index is 0.112. The lowest BCUT2D eigenvalue weighted by atomic mass is 10.1. The molecular formula is C52H80O6. The lowest BCUT2D eigenvalue weighted by Crippen LogP contribution is -2.30. The Hall–Kier alpha value is -4.19. The summed E-state index contributed by atoms with van der Waals surface area (Å²) in [5.74, 6) is -1.01. The van der Waals surface area contributed by atoms with Gasteiger partial charge < -0.3 is 14.2 Å². The second-order valence-corrected chi connectivity index (χ2v) is 14.4. The highest BCUT2D eigenvalue weighted by Gasteiger charge is 2.19. The summed E-state index contributed by atoms with van der Waals surface area (Å²) in [6, 6.07) is 0. The maximum atomic E-state index is 12.7. The van der Waals surface area contributed by atoms with Crippen LogP contribution in [0.1, 0.15) is 168 Å². The van der Waals surface area contributed by atoms with Gasteiger partial charge in [-0.05, 0) is 77.0 Å². The van der Waals surface area contributed by atoms with Gasteiger partial charge in [-0.3, -0.25) is 14.4 Å². The summed E-state index contributed by atoms with van der Waals surface area (Å²) < 4.78 is 16.6. The van der Waals surface area contributed by atoms with Crippen LogP contribution in [0.4, 0.5) is 0 Å². The first kappa shape index (κ1) is 53.8. The SMILES string of the molecule is CC\C=C/C=C\C=C/C=C\C=C\C=C/CCCCCC(=O)OCC(COC(=O)CCCCCC/C=C\CCCC)OC(=O)CCCCCCC\C=C/C=C\C=C/CC. The molecule has 0 fully saturated rings. The first-order chi connectivity index (χ1) is 28.5. The van der Waals surface area contributed by atoms with E-state index in [1.165, 1.54) is 12.8 Å². The van der Waals surface area contributed by atoms with Crippen molar-refractivity contribution in [3.05, 3.63) is 122 Å². The predicted molar refractivity (Wildman–Crippen MR) is 246 cm³/mol. The molecule has 0 aromatic carbocycles. The lowest BCUT2D eigenvalue weighted by molar-refractivity contribution is -0.167. The molecule has 0 saturated heterocycles. The van der Waals surface area contributed by atoms with Crippen molar-refractivity contribution in [2.24, 2.45) is 0 Å². The Balaban J connectivity index is 4.54. The average Bonchev–Trinajstić information content (AvgIpc) is 3.22. The van der Waals surface area contributed by atoms with Gasteiger partial charge in [0.25, 0.3) is 0 Å². The molecule has 0 aliphatic carbocycles. The molecule has 0 aliphatic rings. The van der Waals surface area contributed by atoms with Gasteiger partial charge in [-0.25, -0.2) is 0 Å². The Morgan fingerprint density at radius 1 is 0.362 bits per heavy atom. The van der Waals surface area contributed by atoms with E-state index >= 15 is 0 Å². The van der Waals surface area contributed by atoms with Crippen molar-refractivity contribution in [1.29, 1.82) is 0 Å². The number of carbonyl (C=O) groups excluding carboxylic acids is 3. The zero-order valence-corrected chi connectivity index (χ0v) is 36.8. The van der Waals surface area contributed by atoms with Crippen LogP contribution in [0, 0.1) is 0 Å². The Morgan fingerprint density at radius 2 is 0.690 bits per heavy atom. The Morgan fingerprint density at radius 3 is 1.12 bits per heavy atom. The second-order valence-electron chi connectivity index (χ2n) is 14.4. The van der Waals surface area contributed by atoms with Crippen molar-refractivity contribution in [3.8, 4) is 0 Å². The highest BCUT2D eigenvalue weighted by molar-refractivity contribution is 5.71. The quantitative estimate of drug-likeness (QED) is 0.0203. The molecule has 0 spiro atoms. The van der Waals surface area contributed by atoms with E-state index in [0.717, 1.165) is 116 Å². The van der Waals surface area contributed by atoms with Crippen LogP contribution in [0.2, 0.25) is 0 Å². The molecule has 0 amide bonds. The zero-order valence-electron chi connectivity index (χ0n) is 36.8. The minimum Gasteiger partial charge on any atom is -0.462 e. The first-order valence-electron chi connectivity index (χ1n) is 22.7. The lowest BCUT2D eigenvalue weighted by Gasteiger charge is -2.18. The second kappa shape index (κ2) is 45.5. The molecule has 1 atom stereocenters. The van der Waals surface area contributed by atoms with Gasteiger partial charge in [-0.1, -0.05) is 194 Å². The molecule has 0 aliphatic heterocycles. The molecule has 0 aromatic heterocycles. The number of hydrogen-bond acceptors (Lipinski definition) is 6. The summed E-state index contributed by atoms with van der Waals surface area (Å²) in [7, 11) is 0. The van der Waals surface area contributed by atoms with Crippen LogP contribution < -0.4 is 0 Å². The normalized spacial score (nSPS) is 13.2. The summed E-state index contributed by atoms with van der Waals surface area (Å²) in [6.07, 6.45) is 61.8. The zero-order chi connectivity index (χ0) is 42.3. The van der Waals surface area contributed by atoms with Crippen LogP contribution >= 0.6 is 0 Å². The third kappa shape index (κ3) is 42.9. The molecule has 1 unspecified atom stereocenters. The van der Waals surface area contributed by atoms with Crippen molar-refractivity contribution >= 4 is 17.9 Å². The molecule has 324 valence electrons. The number of allylic oxidation sites excluding steroid dienone is 20. The number of ether oxygens (including phenoxy) is 3. The third-order valence-electron chi connectivity index (χ3n) is 8.90. The van der Waals surface area contributed by atoms with Crippen LogP contribution in [0.25, 0.3) is 0 Å². The van der Waals surface area contributed by atoms with Crippen molar-refractivity contribution in [2.75, 3.05) is 13.2 Å². The highest BCUT2D eigenvalue weighted by Crippen LogP contribution is 2.12. The van der Waals surface area contributed by atoms with Gasteiger partial charge in [0, 0.05) is 19.3 Å². The van der Waals surface area contributed by atoms with Gasteiger partial charge in [0.15, 0.2) is 6.10 Å². The molecule has 0 bridgehead atoms. The molecule has 0 saturated carbocycles. The molecule has 0 radical (unpaired) electrons. The van der Waals surface area contributed by atoms with Crippen molar-refractivity contribution in [3.63, 3.8) is 0 Å². The summed E-state index contributed by atoms with van der Waals surface area (Å²) in [4.78, 5) is 37.7. The van der Waals surface area contributed by atoms with Crippen molar-refractivity contribution in [1.82, 2.24) is 0 Å². The molecule has 6 nitrogen and oxygen atoms in total. The molecule has 0 aromatic rings. The van der Waals surface area contributed by atoms with Gasteiger partial charge in [-0.15, -0.1) is 0 Å². The van der Waals surface area contributed by atoms with Crippen molar-refractivity contribution < 1.29 is 28.6 Å². The maximum Gasteiger partial charge on any atom is 0.306 e. The standard InChI is InChI=1S/C52H80O6/c1-4-7-10-13-16-19-22-24-25-26-27-29-30-33-36-39-42-45-51(54)57-48-49(47-56-50(53)44-41-38-35-32-21-18-15-12-9-6-3)58-52(55)46-43-40-37-34-31-28-23-20-17-14-11-8-5-2/h7-8,10-11,13-20,22-27,29-30,49H,4-6,9,12,21,28,31-48H2,1-3H3/b10-7-,11-8-,16-13-,17-14-,18-15-,22-19-,23-20-,25-24-,27-26+,30-29-. The van der Waals surface area contributed by atoms with Gasteiger partial charge in [0.2, 0.25) is 0 Å². The van der Waals surface area contributed by atoms with Gasteiger partial charge in [0.1, 0.15) is 13.2 Å². The Kier molecular flexibility index (Phi) is 42.2. The van der Waals surface area contributed by atoms with E-state index in [0.29, 0.717) is 12.8 Å². The molecule has 6 heteroatoms. The van der Waals surface area contributed by atoms with Crippen LogP contribution in [-0.4, -0.2) is 37.2 Å². The first-order valence-corrected chi connectivity index (χ1v) is 22.7. The predicted octanol–water partition coefficient (Wildman–Crippen LogP) is 14.6. The van der Waals surface area contributed by atoms with E-state index in [-0.39, 0.29) is 37.5 Å². The summed E-state index contributed by atoms with van der Waals surface area (Å²) >= 11 is 0. The number of unbranched alkanes of at least 4 members (excludes halogenated alkanes) is 14. The number of carbonyl (C=O) groups is 3. The minimum atomic E-state index is -0.813. The average molecular weight is 801 g/mol. The van der Waals surface area contributed by atoms with E-state index in [4.69, 9.17) is 14.2 Å². The Labute approximate surface area is 354 Å². The molecule has 0 rings (SSSR count). The summed E-state index contributed by atoms with van der Waals surface area (Å²) in [5, 5.41) is 0. The van der Waals surface area contributed by atoms with E-state index in [1.807, 2.05) is 66.8 Å². The Bertz CT molecular complexity index is 1290. The van der Waals surface area contributed by atoms with E-state index in [1.54, 1.807) is 0 Å². The smallest absolute Gasteiger partial charge is 0.306 e. The van der Waals surface area contributed by atoms with Gasteiger partial charge in [-0.2, -0.15) is 0 Å². The van der Waals surface area contributed by atoms with E-state index in [2.05, 4.69) is 75.5 Å². The molecule has 58 heavy (non-hydrogen) atoms. The van der Waals surface area contributed by atoms with Gasteiger partial charge >= 0.3 is 17.9 Å². The summed E-state index contributed by atoms with van der Waals surface area (Å²) in [5.41, 5.74) is 0.